The number of carbonyl (C=O) groups excluding carboxylic acids is 1. The van der Waals surface area contributed by atoms with E-state index >= 15 is 0 Å². The van der Waals surface area contributed by atoms with Crippen LogP contribution < -0.4 is 0 Å². The quantitative estimate of drug-likeness (QED) is 0.666. The molecular formula is C8H17NO4S. The molecule has 0 atom stereocenters. The van der Waals surface area contributed by atoms with Crippen molar-refractivity contribution in [2.45, 2.75) is 26.7 Å². The van der Waals surface area contributed by atoms with Gasteiger partial charge in [0.2, 0.25) is 5.91 Å². The summed E-state index contributed by atoms with van der Waals surface area (Å²) < 4.78 is 29.3. The average Bonchev–Trinajstić information content (AvgIpc) is 2.09. The van der Waals surface area contributed by atoms with E-state index in [4.69, 9.17) is 4.55 Å². The van der Waals surface area contributed by atoms with Crippen LogP contribution in [-0.2, 0) is 14.9 Å². The fourth-order valence-corrected chi connectivity index (χ4v) is 1.61. The first-order valence-corrected chi connectivity index (χ1v) is 6.24. The van der Waals surface area contributed by atoms with Crippen LogP contribution in [0.15, 0.2) is 0 Å². The van der Waals surface area contributed by atoms with Crippen molar-refractivity contribution in [3.8, 4) is 0 Å². The summed E-state index contributed by atoms with van der Waals surface area (Å²) in [5.74, 6) is -0.289. The fourth-order valence-electron chi connectivity index (χ4n) is 1.12. The van der Waals surface area contributed by atoms with Crippen LogP contribution in [0, 0.1) is 0 Å². The van der Waals surface area contributed by atoms with Gasteiger partial charge < -0.3 is 4.90 Å². The zero-order chi connectivity index (χ0) is 11.2. The van der Waals surface area contributed by atoms with Crippen molar-refractivity contribution >= 4 is 16.0 Å². The van der Waals surface area contributed by atoms with E-state index in [1.165, 1.54) is 0 Å². The zero-order valence-electron chi connectivity index (χ0n) is 8.56. The molecule has 0 unspecified atom stereocenters. The molecule has 0 aliphatic heterocycles. The zero-order valence-corrected chi connectivity index (χ0v) is 9.38. The van der Waals surface area contributed by atoms with Gasteiger partial charge in [0.1, 0.15) is 0 Å². The molecule has 0 aliphatic carbocycles. The summed E-state index contributed by atoms with van der Waals surface area (Å²) in [7, 11) is -3.90. The molecule has 6 heteroatoms. The Morgan fingerprint density at radius 2 is 1.93 bits per heavy atom. The lowest BCUT2D eigenvalue weighted by Gasteiger charge is -2.19. The third-order valence-corrected chi connectivity index (χ3v) is 2.67. The maximum atomic E-state index is 11.2. The smallest absolute Gasteiger partial charge is 0.264 e. The molecule has 1 amide bonds. The Bertz CT molecular complexity index is 273. The van der Waals surface area contributed by atoms with Gasteiger partial charge in [0.15, 0.2) is 0 Å². The van der Waals surface area contributed by atoms with Gasteiger partial charge in [-0.15, -0.1) is 0 Å². The number of nitrogens with zero attached hydrogens (tertiary/aromatic N) is 1. The molecule has 0 aromatic heterocycles. The highest BCUT2D eigenvalue weighted by Crippen LogP contribution is 1.97. The van der Waals surface area contributed by atoms with Crippen molar-refractivity contribution in [2.75, 3.05) is 18.8 Å². The minimum atomic E-state index is -3.90. The molecule has 0 rings (SSSR count). The van der Waals surface area contributed by atoms with Gasteiger partial charge in [0.25, 0.3) is 10.1 Å². The molecule has 0 bridgehead atoms. The Labute approximate surface area is 84.8 Å². The highest BCUT2D eigenvalue weighted by Gasteiger charge is 2.10. The largest absolute Gasteiger partial charge is 0.343 e. The normalized spacial score (nSPS) is 11.4. The molecule has 0 fully saturated rings. The third-order valence-electron chi connectivity index (χ3n) is 1.87. The fraction of sp³-hybridized carbons (Fsp3) is 0.875. The van der Waals surface area contributed by atoms with Crippen LogP contribution in [0.25, 0.3) is 0 Å². The Morgan fingerprint density at radius 3 is 2.29 bits per heavy atom. The van der Waals surface area contributed by atoms with Gasteiger partial charge in [0, 0.05) is 19.5 Å². The highest BCUT2D eigenvalue weighted by molar-refractivity contribution is 7.85. The summed E-state index contributed by atoms with van der Waals surface area (Å²) in [5.41, 5.74) is 0. The van der Waals surface area contributed by atoms with E-state index < -0.39 is 10.1 Å². The summed E-state index contributed by atoms with van der Waals surface area (Å²) in [4.78, 5) is 12.8. The molecule has 0 aliphatic rings. The van der Waals surface area contributed by atoms with E-state index in [1.807, 2.05) is 6.92 Å². The Hall–Kier alpha value is -0.620. The van der Waals surface area contributed by atoms with E-state index in [1.54, 1.807) is 11.8 Å². The monoisotopic (exact) mass is 223 g/mol. The second-order valence-electron chi connectivity index (χ2n) is 2.97. The molecule has 0 heterocycles. The molecular weight excluding hydrogens is 206 g/mol. The molecule has 1 N–H and O–H groups in total. The maximum absolute atomic E-state index is 11.2. The molecule has 84 valence electrons. The van der Waals surface area contributed by atoms with E-state index in [0.29, 0.717) is 19.5 Å². The van der Waals surface area contributed by atoms with Crippen LogP contribution in [0.3, 0.4) is 0 Å². The van der Waals surface area contributed by atoms with Gasteiger partial charge >= 0.3 is 0 Å². The van der Waals surface area contributed by atoms with Crippen molar-refractivity contribution < 1.29 is 17.8 Å². The van der Waals surface area contributed by atoms with Crippen LogP contribution in [0.2, 0.25) is 0 Å². The predicted molar refractivity (Wildman–Crippen MR) is 53.6 cm³/mol. The molecule has 5 nitrogen and oxygen atoms in total. The number of carbonyl (C=O) groups is 1. The molecule has 0 saturated heterocycles. The number of rotatable bonds is 6. The topological polar surface area (TPSA) is 74.7 Å². The van der Waals surface area contributed by atoms with Crippen molar-refractivity contribution in [3.63, 3.8) is 0 Å². The van der Waals surface area contributed by atoms with Crippen LogP contribution >= 0.6 is 0 Å². The average molecular weight is 223 g/mol. The van der Waals surface area contributed by atoms with E-state index in [9.17, 15) is 13.2 Å². The van der Waals surface area contributed by atoms with Gasteiger partial charge in [0.05, 0.1) is 5.75 Å². The van der Waals surface area contributed by atoms with Gasteiger partial charge in [-0.3, -0.25) is 9.35 Å². The first kappa shape index (κ1) is 13.4. The lowest BCUT2D eigenvalue weighted by Crippen LogP contribution is -2.31. The molecule has 14 heavy (non-hydrogen) atoms. The van der Waals surface area contributed by atoms with Crippen LogP contribution in [0.1, 0.15) is 26.7 Å². The van der Waals surface area contributed by atoms with Crippen LogP contribution in [0.5, 0.6) is 0 Å². The first-order valence-electron chi connectivity index (χ1n) is 4.63. The Kier molecular flexibility index (Phi) is 5.71. The number of hydrogen-bond donors (Lipinski definition) is 1. The second kappa shape index (κ2) is 5.98. The standard InChI is InChI=1S/C8H17NO4S/c1-3-8(10)9(4-2)6-5-7-14(11,12)13/h3-7H2,1-2H3,(H,11,12,13). The maximum Gasteiger partial charge on any atom is 0.264 e. The van der Waals surface area contributed by atoms with Gasteiger partial charge in [-0.05, 0) is 13.3 Å². The van der Waals surface area contributed by atoms with Crippen molar-refractivity contribution in [1.29, 1.82) is 0 Å². The van der Waals surface area contributed by atoms with Gasteiger partial charge in [-0.2, -0.15) is 8.42 Å². The molecule has 0 radical (unpaired) electrons. The summed E-state index contributed by atoms with van der Waals surface area (Å²) in [6, 6.07) is 0. The van der Waals surface area contributed by atoms with E-state index in [2.05, 4.69) is 0 Å². The Balaban J connectivity index is 3.91. The predicted octanol–water partition coefficient (Wildman–Crippen LogP) is 0.523. The molecule has 0 saturated carbocycles. The summed E-state index contributed by atoms with van der Waals surface area (Å²) in [5, 5.41) is 0. The SMILES string of the molecule is CCC(=O)N(CC)CCCS(=O)(=O)O. The highest BCUT2D eigenvalue weighted by atomic mass is 32.2. The molecule has 0 aromatic rings. The van der Waals surface area contributed by atoms with Crippen molar-refractivity contribution in [3.05, 3.63) is 0 Å². The third kappa shape index (κ3) is 5.93. The summed E-state index contributed by atoms with van der Waals surface area (Å²) in [6.45, 7) is 4.54. The number of hydrogen-bond acceptors (Lipinski definition) is 3. The van der Waals surface area contributed by atoms with Crippen molar-refractivity contribution in [1.82, 2.24) is 4.90 Å². The summed E-state index contributed by atoms with van der Waals surface area (Å²) in [6.07, 6.45) is 0.693. The first-order chi connectivity index (χ1) is 6.40. The van der Waals surface area contributed by atoms with Gasteiger partial charge in [-0.25, -0.2) is 0 Å². The number of amides is 1. The van der Waals surface area contributed by atoms with Crippen molar-refractivity contribution in [2.24, 2.45) is 0 Å². The molecule has 0 spiro atoms. The van der Waals surface area contributed by atoms with E-state index in [-0.39, 0.29) is 18.1 Å². The summed E-state index contributed by atoms with van der Waals surface area (Å²) >= 11 is 0. The molecule has 0 aromatic carbocycles. The van der Waals surface area contributed by atoms with Crippen LogP contribution in [0.4, 0.5) is 0 Å². The van der Waals surface area contributed by atoms with Crippen LogP contribution in [-0.4, -0.2) is 42.6 Å². The minimum absolute atomic E-state index is 0.00263. The lowest BCUT2D eigenvalue weighted by molar-refractivity contribution is -0.130. The minimum Gasteiger partial charge on any atom is -0.343 e. The van der Waals surface area contributed by atoms with E-state index in [0.717, 1.165) is 0 Å². The lowest BCUT2D eigenvalue weighted by atomic mass is 10.3. The Morgan fingerprint density at radius 1 is 1.36 bits per heavy atom. The van der Waals surface area contributed by atoms with Gasteiger partial charge in [-0.1, -0.05) is 6.92 Å². The second-order valence-corrected chi connectivity index (χ2v) is 4.54.